The fourth-order valence-electron chi connectivity index (χ4n) is 4.28. The number of carbonyl (C=O) groups is 1. The third-order valence-electron chi connectivity index (χ3n) is 5.56. The van der Waals surface area contributed by atoms with Crippen LogP contribution in [0, 0.1) is 0 Å². The highest BCUT2D eigenvalue weighted by molar-refractivity contribution is 5.87. The number of ether oxygens (including phenoxy) is 1. The monoisotopic (exact) mass is 379 g/mol. The zero-order valence-electron chi connectivity index (χ0n) is 16.0. The molecule has 0 aliphatic carbocycles. The van der Waals surface area contributed by atoms with Gasteiger partial charge in [0.2, 0.25) is 0 Å². The zero-order valence-corrected chi connectivity index (χ0v) is 16.0. The minimum atomic E-state index is -0.863. The number of aliphatic carboxylic acids is 1. The molecule has 1 aromatic heterocycles. The lowest BCUT2D eigenvalue weighted by molar-refractivity contribution is -0.137. The number of carboxylic acids is 1. The van der Waals surface area contributed by atoms with Crippen LogP contribution in [0.2, 0.25) is 0 Å². The van der Waals surface area contributed by atoms with Gasteiger partial charge in [0.15, 0.2) is 0 Å². The molecular weight excluding hydrogens is 354 g/mol. The van der Waals surface area contributed by atoms with Crippen LogP contribution in [0.25, 0.3) is 10.8 Å². The number of carboxylic acid groups (broad SMARTS) is 1. The smallest absolute Gasteiger partial charge is 0.325 e. The Balaban J connectivity index is 1.58. The first-order valence-corrected chi connectivity index (χ1v) is 9.66. The molecule has 1 N–H and O–H groups in total. The normalized spacial score (nSPS) is 17.7. The van der Waals surface area contributed by atoms with E-state index < -0.39 is 5.97 Å². The van der Waals surface area contributed by atoms with Crippen LogP contribution in [0.5, 0.6) is 5.75 Å². The summed E-state index contributed by atoms with van der Waals surface area (Å²) in [5.74, 6) is 0.339. The maximum absolute atomic E-state index is 11.1. The maximum atomic E-state index is 11.1. The predicted molar refractivity (Wildman–Crippen MR) is 108 cm³/mol. The number of rotatable bonds is 6. The number of benzene rings is 2. The van der Waals surface area contributed by atoms with Crippen LogP contribution in [0.1, 0.15) is 30.0 Å². The summed E-state index contributed by atoms with van der Waals surface area (Å²) in [7, 11) is 1.72. The molecule has 0 saturated carbocycles. The van der Waals surface area contributed by atoms with E-state index in [1.54, 1.807) is 18.0 Å². The van der Waals surface area contributed by atoms with Crippen molar-refractivity contribution in [3.05, 3.63) is 59.9 Å². The Kier molecular flexibility index (Phi) is 5.30. The summed E-state index contributed by atoms with van der Waals surface area (Å²) in [5, 5.41) is 15.8. The number of fused-ring (bicyclic) bond motifs is 1. The Labute approximate surface area is 164 Å². The van der Waals surface area contributed by atoms with E-state index in [4.69, 9.17) is 9.84 Å². The Morgan fingerprint density at radius 2 is 2.11 bits per heavy atom. The molecule has 1 aliphatic rings. The van der Waals surface area contributed by atoms with Crippen molar-refractivity contribution in [2.75, 3.05) is 20.2 Å². The average Bonchev–Trinajstić information content (AvgIpc) is 3.16. The van der Waals surface area contributed by atoms with E-state index in [1.807, 2.05) is 12.1 Å². The van der Waals surface area contributed by atoms with E-state index in [-0.39, 0.29) is 12.5 Å². The van der Waals surface area contributed by atoms with Gasteiger partial charge < -0.3 is 9.84 Å². The molecule has 0 spiro atoms. The highest BCUT2D eigenvalue weighted by atomic mass is 16.5. The van der Waals surface area contributed by atoms with Crippen molar-refractivity contribution in [3.63, 3.8) is 0 Å². The van der Waals surface area contributed by atoms with Gasteiger partial charge in [-0.15, -0.1) is 0 Å². The number of hydrogen-bond donors (Lipinski definition) is 1. The summed E-state index contributed by atoms with van der Waals surface area (Å²) in [4.78, 5) is 13.6. The van der Waals surface area contributed by atoms with Crippen molar-refractivity contribution in [2.45, 2.75) is 31.8 Å². The fraction of sp³-hybridized carbons (Fsp3) is 0.364. The van der Waals surface area contributed by atoms with E-state index in [9.17, 15) is 4.79 Å². The number of aromatic nitrogens is 2. The summed E-state index contributed by atoms with van der Waals surface area (Å²) < 4.78 is 7.27. The Bertz CT molecular complexity index is 982. The van der Waals surface area contributed by atoms with Gasteiger partial charge in [-0.2, -0.15) is 5.10 Å². The largest absolute Gasteiger partial charge is 0.496 e. The molecule has 1 fully saturated rings. The first-order valence-electron chi connectivity index (χ1n) is 9.66. The fourth-order valence-corrected chi connectivity index (χ4v) is 4.28. The van der Waals surface area contributed by atoms with Gasteiger partial charge in [-0.05, 0) is 42.3 Å². The van der Waals surface area contributed by atoms with Crippen LogP contribution in [-0.4, -0.2) is 46.0 Å². The molecular formula is C22H25N3O3. The van der Waals surface area contributed by atoms with E-state index in [0.717, 1.165) is 43.9 Å². The molecule has 0 radical (unpaired) electrons. The molecule has 146 valence electrons. The minimum Gasteiger partial charge on any atom is -0.496 e. The quantitative estimate of drug-likeness (QED) is 0.710. The van der Waals surface area contributed by atoms with Gasteiger partial charge in [0.25, 0.3) is 0 Å². The summed E-state index contributed by atoms with van der Waals surface area (Å²) in [5.41, 5.74) is 2.22. The van der Waals surface area contributed by atoms with Crippen LogP contribution >= 0.6 is 0 Å². The molecule has 0 bridgehead atoms. The average molecular weight is 379 g/mol. The molecule has 1 saturated heterocycles. The SMILES string of the molecule is COc1ccc2ccccc2c1CN1CCC[C@H](c2ccnn2CC(=O)O)C1. The second kappa shape index (κ2) is 8.02. The van der Waals surface area contributed by atoms with Gasteiger partial charge in [0, 0.05) is 36.5 Å². The molecule has 0 unspecified atom stereocenters. The summed E-state index contributed by atoms with van der Waals surface area (Å²) in [6.07, 6.45) is 3.83. The molecule has 2 aromatic carbocycles. The second-order valence-corrected chi connectivity index (χ2v) is 7.35. The molecule has 6 heteroatoms. The third kappa shape index (κ3) is 3.73. The van der Waals surface area contributed by atoms with Gasteiger partial charge in [-0.3, -0.25) is 14.4 Å². The van der Waals surface area contributed by atoms with Crippen molar-refractivity contribution < 1.29 is 14.6 Å². The molecule has 3 aromatic rings. The van der Waals surface area contributed by atoms with E-state index in [0.29, 0.717) is 0 Å². The Morgan fingerprint density at radius 3 is 2.93 bits per heavy atom. The zero-order chi connectivity index (χ0) is 19.5. The van der Waals surface area contributed by atoms with Gasteiger partial charge in [0.05, 0.1) is 7.11 Å². The van der Waals surface area contributed by atoms with Crippen LogP contribution in [0.3, 0.4) is 0 Å². The lowest BCUT2D eigenvalue weighted by atomic mass is 9.93. The maximum Gasteiger partial charge on any atom is 0.325 e. The highest BCUT2D eigenvalue weighted by Gasteiger charge is 2.25. The first-order chi connectivity index (χ1) is 13.7. The number of likely N-dealkylation sites (tertiary alicyclic amines) is 1. The molecule has 28 heavy (non-hydrogen) atoms. The molecule has 4 rings (SSSR count). The van der Waals surface area contributed by atoms with E-state index >= 15 is 0 Å². The van der Waals surface area contributed by atoms with Gasteiger partial charge >= 0.3 is 5.97 Å². The first kappa shape index (κ1) is 18.5. The molecule has 6 nitrogen and oxygen atoms in total. The van der Waals surface area contributed by atoms with Crippen molar-refractivity contribution in [1.29, 1.82) is 0 Å². The molecule has 2 heterocycles. The van der Waals surface area contributed by atoms with Gasteiger partial charge in [-0.25, -0.2) is 0 Å². The van der Waals surface area contributed by atoms with Crippen molar-refractivity contribution in [1.82, 2.24) is 14.7 Å². The van der Waals surface area contributed by atoms with Gasteiger partial charge in [0.1, 0.15) is 12.3 Å². The minimum absolute atomic E-state index is 0.0873. The highest BCUT2D eigenvalue weighted by Crippen LogP contribution is 2.32. The van der Waals surface area contributed by atoms with E-state index in [1.165, 1.54) is 16.3 Å². The summed E-state index contributed by atoms with van der Waals surface area (Å²) in [6, 6.07) is 14.5. The molecule has 0 amide bonds. The van der Waals surface area contributed by atoms with Gasteiger partial charge in [-0.1, -0.05) is 30.3 Å². The standard InChI is InChI=1S/C22H25N3O3/c1-28-21-9-8-16-5-2-3-7-18(16)19(21)14-24-12-4-6-17(13-24)20-10-11-23-25(20)15-22(26)27/h2-3,5,7-11,17H,4,6,12-15H2,1H3,(H,26,27)/t17-/m0/s1. The Hall–Kier alpha value is -2.86. The summed E-state index contributed by atoms with van der Waals surface area (Å²) >= 11 is 0. The van der Waals surface area contributed by atoms with Crippen molar-refractivity contribution >= 4 is 16.7 Å². The number of piperidine rings is 1. The lowest BCUT2D eigenvalue weighted by Gasteiger charge is -2.33. The van der Waals surface area contributed by atoms with Crippen LogP contribution in [0.15, 0.2) is 48.7 Å². The summed E-state index contributed by atoms with van der Waals surface area (Å²) in [6.45, 7) is 2.64. The van der Waals surface area contributed by atoms with Crippen molar-refractivity contribution in [2.24, 2.45) is 0 Å². The second-order valence-electron chi connectivity index (χ2n) is 7.35. The predicted octanol–water partition coefficient (Wildman–Crippen LogP) is 3.51. The van der Waals surface area contributed by atoms with Crippen molar-refractivity contribution in [3.8, 4) is 5.75 Å². The Morgan fingerprint density at radius 1 is 1.25 bits per heavy atom. The third-order valence-corrected chi connectivity index (χ3v) is 5.56. The topological polar surface area (TPSA) is 67.6 Å². The van der Waals surface area contributed by atoms with Crippen LogP contribution in [-0.2, 0) is 17.9 Å². The van der Waals surface area contributed by atoms with E-state index in [2.05, 4.69) is 40.3 Å². The number of methoxy groups -OCH3 is 1. The molecule has 1 atom stereocenters. The number of nitrogens with zero attached hydrogens (tertiary/aromatic N) is 3. The van der Waals surface area contributed by atoms with Crippen LogP contribution in [0.4, 0.5) is 0 Å². The van der Waals surface area contributed by atoms with Crippen LogP contribution < -0.4 is 4.74 Å². The number of hydrogen-bond acceptors (Lipinski definition) is 4. The lowest BCUT2D eigenvalue weighted by Crippen LogP contribution is -2.35. The molecule has 1 aliphatic heterocycles.